The summed E-state index contributed by atoms with van der Waals surface area (Å²) >= 11 is 0. The Hall–Kier alpha value is 1.51. The molecule has 0 aromatic heterocycles. The standard InChI is InChI=1S/C10H12N2O8.4Na/c13-5(14)3-4(8(15)16)12-2-1-11-6(9(17)18)7(12)10(19)20;;;;/h4,7H,1-3H2,(H,13,14)(H,15,16)(H,17,18)(H,19,20);;;;/q;4*+1/p-4. The van der Waals surface area contributed by atoms with Crippen molar-refractivity contribution in [2.75, 3.05) is 13.1 Å². The minimum Gasteiger partial charge on any atom is -0.550 e. The molecule has 14 heteroatoms. The summed E-state index contributed by atoms with van der Waals surface area (Å²) in [7, 11) is 0. The predicted molar refractivity (Wildman–Crippen MR) is 51.2 cm³/mol. The second-order valence-electron chi connectivity index (χ2n) is 3.92. The number of carboxylic acid groups (broad SMARTS) is 4. The van der Waals surface area contributed by atoms with Crippen molar-refractivity contribution in [1.29, 1.82) is 0 Å². The van der Waals surface area contributed by atoms with E-state index < -0.39 is 48.1 Å². The first-order chi connectivity index (χ1) is 9.25. The van der Waals surface area contributed by atoms with E-state index in [0.717, 1.165) is 0 Å². The SMILES string of the molecule is O=C([O-])CC(C(=O)[O-])N1CCN=C(C(=O)[O-])C1C(=O)[O-].[Na+].[Na+].[Na+].[Na+]. The molecule has 24 heavy (non-hydrogen) atoms. The van der Waals surface area contributed by atoms with Crippen molar-refractivity contribution in [3.63, 3.8) is 0 Å². The molecule has 0 bridgehead atoms. The van der Waals surface area contributed by atoms with Crippen LogP contribution in [-0.2, 0) is 19.2 Å². The summed E-state index contributed by atoms with van der Waals surface area (Å²) < 4.78 is 0. The monoisotopic (exact) mass is 376 g/mol. The number of aliphatic imine (C=N–C) groups is 1. The molecule has 2 atom stereocenters. The molecule has 0 aliphatic carbocycles. The predicted octanol–water partition coefficient (Wildman–Crippen LogP) is -19.1. The van der Waals surface area contributed by atoms with E-state index in [4.69, 9.17) is 0 Å². The molecule has 0 amide bonds. The molecular weight excluding hydrogens is 368 g/mol. The molecule has 0 saturated heterocycles. The van der Waals surface area contributed by atoms with Crippen molar-refractivity contribution in [2.24, 2.45) is 4.99 Å². The fraction of sp³-hybridized carbons (Fsp3) is 0.500. The third-order valence-corrected chi connectivity index (χ3v) is 2.70. The average molecular weight is 376 g/mol. The Morgan fingerprint density at radius 1 is 1.04 bits per heavy atom. The van der Waals surface area contributed by atoms with E-state index in [2.05, 4.69) is 4.99 Å². The molecule has 1 aliphatic heterocycles. The fourth-order valence-corrected chi connectivity index (χ4v) is 1.91. The molecule has 0 N–H and O–H groups in total. The number of carboxylic acids is 4. The minimum absolute atomic E-state index is 0. The fourth-order valence-electron chi connectivity index (χ4n) is 1.91. The number of hydrogen-bond acceptors (Lipinski definition) is 10. The van der Waals surface area contributed by atoms with E-state index in [-0.39, 0.29) is 131 Å². The molecule has 1 rings (SSSR count). The topological polar surface area (TPSA) is 176 Å². The van der Waals surface area contributed by atoms with E-state index in [1.807, 2.05) is 0 Å². The van der Waals surface area contributed by atoms with Crippen molar-refractivity contribution in [3.05, 3.63) is 0 Å². The molecule has 0 radical (unpaired) electrons. The van der Waals surface area contributed by atoms with Gasteiger partial charge in [0.05, 0.1) is 42.2 Å². The normalized spacial score (nSPS) is 17.3. The van der Waals surface area contributed by atoms with Crippen molar-refractivity contribution in [2.45, 2.75) is 18.5 Å². The Morgan fingerprint density at radius 3 is 1.88 bits per heavy atom. The molecule has 1 aliphatic rings. The first-order valence-corrected chi connectivity index (χ1v) is 5.38. The third kappa shape index (κ3) is 9.45. The minimum atomic E-state index is -2.03. The zero-order valence-electron chi connectivity index (χ0n) is 13.9. The van der Waals surface area contributed by atoms with Gasteiger partial charge in [-0.05, 0) is 0 Å². The van der Waals surface area contributed by atoms with Gasteiger partial charge in [-0.25, -0.2) is 0 Å². The van der Waals surface area contributed by atoms with Gasteiger partial charge in [0.25, 0.3) is 0 Å². The molecule has 110 valence electrons. The molecule has 2 unspecified atom stereocenters. The molecule has 1 heterocycles. The quantitative estimate of drug-likeness (QED) is 0.407. The number of rotatable bonds is 6. The molecule has 0 aromatic carbocycles. The largest absolute Gasteiger partial charge is 1.00 e. The van der Waals surface area contributed by atoms with Crippen LogP contribution in [0.25, 0.3) is 0 Å². The molecule has 0 aromatic rings. The van der Waals surface area contributed by atoms with Gasteiger partial charge in [-0.3, -0.25) is 9.89 Å². The Bertz CT molecular complexity index is 501. The van der Waals surface area contributed by atoms with Crippen LogP contribution in [0, 0.1) is 0 Å². The second-order valence-corrected chi connectivity index (χ2v) is 3.92. The molecule has 10 nitrogen and oxygen atoms in total. The van der Waals surface area contributed by atoms with E-state index in [1.54, 1.807) is 0 Å². The van der Waals surface area contributed by atoms with Crippen LogP contribution >= 0.6 is 0 Å². The van der Waals surface area contributed by atoms with Gasteiger partial charge in [-0.2, -0.15) is 0 Å². The van der Waals surface area contributed by atoms with Crippen molar-refractivity contribution in [1.82, 2.24) is 4.90 Å². The van der Waals surface area contributed by atoms with Crippen molar-refractivity contribution >= 4 is 29.6 Å². The number of hydrogen-bond donors (Lipinski definition) is 0. The molecule has 0 spiro atoms. The summed E-state index contributed by atoms with van der Waals surface area (Å²) in [5.41, 5.74) is -0.930. The van der Waals surface area contributed by atoms with Gasteiger partial charge in [0.15, 0.2) is 0 Å². The Morgan fingerprint density at radius 2 is 1.54 bits per heavy atom. The zero-order valence-corrected chi connectivity index (χ0v) is 21.9. The third-order valence-electron chi connectivity index (χ3n) is 2.70. The van der Waals surface area contributed by atoms with Crippen LogP contribution in [0.15, 0.2) is 4.99 Å². The first-order valence-electron chi connectivity index (χ1n) is 5.38. The summed E-state index contributed by atoms with van der Waals surface area (Å²) in [6, 6.07) is -3.91. The maximum Gasteiger partial charge on any atom is 1.00 e. The van der Waals surface area contributed by atoms with Crippen LogP contribution in [0.4, 0.5) is 0 Å². The van der Waals surface area contributed by atoms with Crippen LogP contribution in [0.2, 0.25) is 0 Å². The van der Waals surface area contributed by atoms with Gasteiger partial charge in [0.2, 0.25) is 0 Å². The second kappa shape index (κ2) is 15.6. The number of aliphatic carboxylic acids is 4. The van der Waals surface area contributed by atoms with Crippen molar-refractivity contribution in [3.8, 4) is 0 Å². The zero-order chi connectivity index (χ0) is 15.4. The van der Waals surface area contributed by atoms with E-state index in [9.17, 15) is 39.6 Å². The van der Waals surface area contributed by atoms with Gasteiger partial charge in [0, 0.05) is 18.9 Å². The smallest absolute Gasteiger partial charge is 0.550 e. The number of carbonyl (C=O) groups excluding carboxylic acids is 4. The van der Waals surface area contributed by atoms with Crippen LogP contribution in [0.1, 0.15) is 6.42 Å². The van der Waals surface area contributed by atoms with E-state index in [1.165, 1.54) is 0 Å². The van der Waals surface area contributed by atoms with Gasteiger partial charge >= 0.3 is 118 Å². The van der Waals surface area contributed by atoms with Crippen molar-refractivity contribution < 1.29 is 158 Å². The Kier molecular flexibility index (Phi) is 21.5. The van der Waals surface area contributed by atoms with Gasteiger partial charge in [0.1, 0.15) is 0 Å². The summed E-state index contributed by atoms with van der Waals surface area (Å²) in [6.45, 7) is -0.523. The summed E-state index contributed by atoms with van der Waals surface area (Å²) in [5, 5.41) is 43.2. The van der Waals surface area contributed by atoms with E-state index in [0.29, 0.717) is 4.90 Å². The first kappa shape index (κ1) is 33.1. The molecular formula is C10H8N2Na4O8. The molecule has 0 fully saturated rings. The van der Waals surface area contributed by atoms with Gasteiger partial charge in [-0.1, -0.05) is 0 Å². The average Bonchev–Trinajstić information content (AvgIpc) is 2.34. The van der Waals surface area contributed by atoms with Gasteiger partial charge < -0.3 is 39.6 Å². The Labute approximate surface area is 225 Å². The van der Waals surface area contributed by atoms with E-state index >= 15 is 0 Å². The maximum atomic E-state index is 11.0. The van der Waals surface area contributed by atoms with Crippen LogP contribution in [0.3, 0.4) is 0 Å². The number of carbonyl (C=O) groups is 4. The van der Waals surface area contributed by atoms with Crippen LogP contribution in [-0.4, -0.2) is 59.7 Å². The number of nitrogens with zero attached hydrogens (tertiary/aromatic N) is 2. The summed E-state index contributed by atoms with van der Waals surface area (Å²) in [5.74, 6) is -7.47. The molecule has 0 saturated carbocycles. The Balaban J connectivity index is -0.000000500. The summed E-state index contributed by atoms with van der Waals surface area (Å²) in [6.07, 6.45) is -1.06. The maximum absolute atomic E-state index is 11.0. The van der Waals surface area contributed by atoms with Crippen LogP contribution in [0.5, 0.6) is 0 Å². The van der Waals surface area contributed by atoms with Gasteiger partial charge in [-0.15, -0.1) is 0 Å². The van der Waals surface area contributed by atoms with Crippen LogP contribution < -0.4 is 139 Å². The summed E-state index contributed by atoms with van der Waals surface area (Å²) in [4.78, 5) is 47.2.